The Morgan fingerprint density at radius 3 is 2.96 bits per heavy atom. The number of likely N-dealkylation sites (tertiary alicyclic amines) is 1. The molecule has 0 radical (unpaired) electrons. The van der Waals surface area contributed by atoms with Crippen LogP contribution in [-0.2, 0) is 5.75 Å². The second-order valence-electron chi connectivity index (χ2n) is 6.95. The van der Waals surface area contributed by atoms with Crippen molar-refractivity contribution >= 4 is 23.3 Å². The van der Waals surface area contributed by atoms with E-state index in [2.05, 4.69) is 16.5 Å². The highest BCUT2D eigenvalue weighted by Gasteiger charge is 2.27. The number of benzene rings is 1. The lowest BCUT2D eigenvalue weighted by molar-refractivity contribution is 0.0784. The lowest BCUT2D eigenvalue weighted by Gasteiger charge is -2.18. The van der Waals surface area contributed by atoms with Crippen LogP contribution in [0.4, 0.5) is 0 Å². The largest absolute Gasteiger partial charge is 0.338 e. The lowest BCUT2D eigenvalue weighted by Crippen LogP contribution is -2.30. The van der Waals surface area contributed by atoms with E-state index in [0.29, 0.717) is 5.92 Å². The van der Waals surface area contributed by atoms with Gasteiger partial charge >= 0.3 is 0 Å². The Kier molecular flexibility index (Phi) is 5.45. The van der Waals surface area contributed by atoms with Gasteiger partial charge in [-0.05, 0) is 50.2 Å². The molecule has 140 valence electrons. The number of fused-ring (bicyclic) bond motifs is 1. The molecule has 1 amide bonds. The number of nitrogens with zero attached hydrogens (tertiary/aromatic N) is 3. The molecule has 0 spiro atoms. The normalized spacial score (nSPS) is 16.9. The van der Waals surface area contributed by atoms with Crippen molar-refractivity contribution in [3.8, 4) is 0 Å². The minimum absolute atomic E-state index is 0.145. The van der Waals surface area contributed by atoms with Gasteiger partial charge in [0.15, 0.2) is 0 Å². The maximum atomic E-state index is 13.0. The van der Waals surface area contributed by atoms with Crippen LogP contribution in [0.15, 0.2) is 59.8 Å². The van der Waals surface area contributed by atoms with E-state index in [9.17, 15) is 4.79 Å². The van der Waals surface area contributed by atoms with Gasteiger partial charge in [0.25, 0.3) is 5.91 Å². The molecule has 27 heavy (non-hydrogen) atoms. The summed E-state index contributed by atoms with van der Waals surface area (Å²) >= 11 is 1.68. The van der Waals surface area contributed by atoms with Crippen LogP contribution >= 0.6 is 11.8 Å². The van der Waals surface area contributed by atoms with Crippen LogP contribution in [0.2, 0.25) is 0 Å². The first-order chi connectivity index (χ1) is 13.2. The first-order valence-corrected chi connectivity index (χ1v) is 10.3. The fraction of sp³-hybridized carbons (Fsp3) is 0.333. The van der Waals surface area contributed by atoms with Gasteiger partial charge in [0, 0.05) is 36.1 Å². The van der Waals surface area contributed by atoms with Crippen LogP contribution in [0.5, 0.6) is 0 Å². The molecule has 1 fully saturated rings. The van der Waals surface area contributed by atoms with Gasteiger partial charge in [0.05, 0.1) is 11.3 Å². The van der Waals surface area contributed by atoms with Crippen LogP contribution in [0.3, 0.4) is 0 Å². The number of thioether (sulfide) groups is 1. The molecule has 1 N–H and O–H groups in total. The smallest absolute Gasteiger partial charge is 0.254 e. The second kappa shape index (κ2) is 8.15. The number of imidazole rings is 1. The molecule has 4 rings (SSSR count). The number of carbonyl (C=O) groups excluding carboxylic acids is 1. The van der Waals surface area contributed by atoms with E-state index in [1.807, 2.05) is 65.0 Å². The highest BCUT2D eigenvalue weighted by molar-refractivity contribution is 7.98. The van der Waals surface area contributed by atoms with Gasteiger partial charge in [-0.2, -0.15) is 0 Å². The van der Waals surface area contributed by atoms with Crippen molar-refractivity contribution in [2.45, 2.75) is 17.1 Å². The van der Waals surface area contributed by atoms with Crippen LogP contribution in [0.25, 0.3) is 5.65 Å². The summed E-state index contributed by atoms with van der Waals surface area (Å²) in [5.74, 6) is 1.44. The number of aromatic nitrogens is 2. The zero-order valence-corrected chi connectivity index (χ0v) is 16.3. The fourth-order valence-corrected chi connectivity index (χ4v) is 4.55. The monoisotopic (exact) mass is 380 g/mol. The number of hydrogen-bond acceptors (Lipinski definition) is 4. The summed E-state index contributed by atoms with van der Waals surface area (Å²) in [6.45, 7) is 2.65. The number of pyridine rings is 1. The van der Waals surface area contributed by atoms with Gasteiger partial charge in [-0.25, -0.2) is 4.98 Å². The number of carbonyl (C=O) groups is 1. The Morgan fingerprint density at radius 1 is 1.26 bits per heavy atom. The number of nitrogens with one attached hydrogen (secondary N) is 1. The summed E-state index contributed by atoms with van der Waals surface area (Å²) in [7, 11) is 1.97. The Labute approximate surface area is 163 Å². The first kappa shape index (κ1) is 18.1. The summed E-state index contributed by atoms with van der Waals surface area (Å²) in [5, 5.41) is 3.22. The fourth-order valence-electron chi connectivity index (χ4n) is 3.62. The Morgan fingerprint density at radius 2 is 2.11 bits per heavy atom. The van der Waals surface area contributed by atoms with Crippen molar-refractivity contribution < 1.29 is 4.79 Å². The van der Waals surface area contributed by atoms with E-state index >= 15 is 0 Å². The Balaban J connectivity index is 1.47. The van der Waals surface area contributed by atoms with Gasteiger partial charge in [-0.3, -0.25) is 4.79 Å². The number of hydrogen-bond donors (Lipinski definition) is 1. The van der Waals surface area contributed by atoms with E-state index in [0.717, 1.165) is 53.6 Å². The summed E-state index contributed by atoms with van der Waals surface area (Å²) in [5.41, 5.74) is 2.77. The lowest BCUT2D eigenvalue weighted by atomic mass is 10.1. The molecule has 1 aliphatic rings. The van der Waals surface area contributed by atoms with Gasteiger partial charge in [0.2, 0.25) is 0 Å². The molecule has 1 unspecified atom stereocenters. The summed E-state index contributed by atoms with van der Waals surface area (Å²) in [6.07, 6.45) is 5.13. The molecule has 3 aromatic rings. The maximum absolute atomic E-state index is 13.0. The molecule has 1 aliphatic heterocycles. The van der Waals surface area contributed by atoms with Gasteiger partial charge in [0.1, 0.15) is 5.65 Å². The van der Waals surface area contributed by atoms with Crippen molar-refractivity contribution in [3.05, 3.63) is 66.1 Å². The molecular weight excluding hydrogens is 356 g/mol. The van der Waals surface area contributed by atoms with Gasteiger partial charge in [-0.15, -0.1) is 11.8 Å². The van der Waals surface area contributed by atoms with Crippen molar-refractivity contribution in [2.75, 3.05) is 26.7 Å². The van der Waals surface area contributed by atoms with Crippen molar-refractivity contribution in [1.82, 2.24) is 19.6 Å². The summed E-state index contributed by atoms with van der Waals surface area (Å²) in [6, 6.07) is 13.9. The highest BCUT2D eigenvalue weighted by Crippen LogP contribution is 2.28. The third-order valence-electron chi connectivity index (χ3n) is 4.97. The molecule has 5 nitrogen and oxygen atoms in total. The molecular formula is C21H24N4OS. The van der Waals surface area contributed by atoms with E-state index in [-0.39, 0.29) is 5.91 Å². The highest BCUT2D eigenvalue weighted by atomic mass is 32.2. The number of rotatable bonds is 6. The minimum atomic E-state index is 0.145. The van der Waals surface area contributed by atoms with E-state index in [1.165, 1.54) is 0 Å². The molecule has 3 heterocycles. The quantitative estimate of drug-likeness (QED) is 0.667. The van der Waals surface area contributed by atoms with Gasteiger partial charge < -0.3 is 14.6 Å². The van der Waals surface area contributed by atoms with Crippen molar-refractivity contribution in [3.63, 3.8) is 0 Å². The van der Waals surface area contributed by atoms with Gasteiger partial charge in [-0.1, -0.05) is 18.2 Å². The molecule has 2 aromatic heterocycles. The molecule has 6 heteroatoms. The minimum Gasteiger partial charge on any atom is -0.338 e. The molecule has 0 bridgehead atoms. The predicted octanol–water partition coefficient (Wildman–Crippen LogP) is 3.31. The van der Waals surface area contributed by atoms with E-state index in [1.54, 1.807) is 11.8 Å². The topological polar surface area (TPSA) is 49.6 Å². The third-order valence-corrected chi connectivity index (χ3v) is 6.08. The molecule has 0 aliphatic carbocycles. The van der Waals surface area contributed by atoms with Crippen LogP contribution in [-0.4, -0.2) is 46.9 Å². The Hall–Kier alpha value is -2.31. The van der Waals surface area contributed by atoms with E-state index in [4.69, 9.17) is 0 Å². The average molecular weight is 381 g/mol. The molecule has 1 aromatic carbocycles. The average Bonchev–Trinajstić information content (AvgIpc) is 3.33. The maximum Gasteiger partial charge on any atom is 0.254 e. The van der Waals surface area contributed by atoms with Crippen molar-refractivity contribution in [1.29, 1.82) is 0 Å². The third kappa shape index (κ3) is 4.01. The Bertz CT molecular complexity index is 906. The first-order valence-electron chi connectivity index (χ1n) is 9.33. The molecule has 1 atom stereocenters. The summed E-state index contributed by atoms with van der Waals surface area (Å²) in [4.78, 5) is 20.7. The van der Waals surface area contributed by atoms with Crippen molar-refractivity contribution in [2.24, 2.45) is 5.92 Å². The van der Waals surface area contributed by atoms with Crippen LogP contribution in [0, 0.1) is 5.92 Å². The molecule has 0 saturated carbocycles. The zero-order valence-electron chi connectivity index (χ0n) is 15.5. The predicted molar refractivity (Wildman–Crippen MR) is 109 cm³/mol. The van der Waals surface area contributed by atoms with Crippen LogP contribution < -0.4 is 5.32 Å². The zero-order chi connectivity index (χ0) is 18.6. The SMILES string of the molecule is CNCC1CCN(C(=O)c2ccccc2SCc2cn3ccccc3n2)C1. The number of amides is 1. The van der Waals surface area contributed by atoms with E-state index < -0.39 is 0 Å². The molecule has 1 saturated heterocycles. The standard InChI is InChI=1S/C21H24N4OS/c1-22-12-16-9-11-25(13-16)21(26)18-6-2-3-7-19(18)27-15-17-14-24-10-5-4-8-20(24)23-17/h2-8,10,14,16,22H,9,11-13,15H2,1H3. The summed E-state index contributed by atoms with van der Waals surface area (Å²) < 4.78 is 2.03. The van der Waals surface area contributed by atoms with Crippen LogP contribution in [0.1, 0.15) is 22.5 Å². The second-order valence-corrected chi connectivity index (χ2v) is 7.96.